The van der Waals surface area contributed by atoms with Gasteiger partial charge in [-0.3, -0.25) is 0 Å². The Morgan fingerprint density at radius 1 is 1.00 bits per heavy atom. The van der Waals surface area contributed by atoms with Gasteiger partial charge >= 0.3 is 41.4 Å². The maximum absolute atomic E-state index is 9.21. The van der Waals surface area contributed by atoms with E-state index in [4.69, 9.17) is 0 Å². The van der Waals surface area contributed by atoms with Gasteiger partial charge in [-0.15, -0.1) is 0 Å². The molecule has 0 bridgehead atoms. The molecule has 0 heterocycles. The molecule has 40 valence electrons. The second kappa shape index (κ2) is 16.2. The Kier molecular flexibility index (Phi) is 36.1. The first kappa shape index (κ1) is 15.7. The van der Waals surface area contributed by atoms with Gasteiger partial charge in [0.05, 0.1) is 0 Å². The topological polar surface area (TPSA) is 106 Å². The Labute approximate surface area is 52.8 Å². The van der Waals surface area contributed by atoms with Crippen LogP contribution in [-0.2, 0) is 10.4 Å². The minimum absolute atomic E-state index is 0. The quantitative estimate of drug-likeness (QED) is 0.387. The Hall–Kier alpha value is 0.385. The van der Waals surface area contributed by atoms with Crippen LogP contribution < -0.4 is 0 Å². The molecule has 0 amide bonds. The van der Waals surface area contributed by atoms with E-state index in [1.54, 1.807) is 0 Å². The van der Waals surface area contributed by atoms with Crippen LogP contribution in [0.15, 0.2) is 0 Å². The van der Waals surface area contributed by atoms with Crippen molar-refractivity contribution in [2.75, 3.05) is 0 Å². The third-order valence-electron chi connectivity index (χ3n) is 0.111. The number of rotatable bonds is 2. The van der Waals surface area contributed by atoms with Gasteiger partial charge in [-0.2, -0.15) is 0 Å². The fourth-order valence-electron chi connectivity index (χ4n) is 0.0227. The third-order valence-corrected chi connectivity index (χ3v) is 1.00. The van der Waals surface area contributed by atoms with Crippen LogP contribution in [-0.4, -0.2) is 41.9 Å². The van der Waals surface area contributed by atoms with E-state index in [0.29, 0.717) is 0 Å². The van der Waals surface area contributed by atoms with Gasteiger partial charge < -0.3 is 11.0 Å². The predicted octanol–water partition coefficient (Wildman–Crippen LogP) is -2.72. The molecule has 0 radical (unpaired) electrons. The van der Waals surface area contributed by atoms with Gasteiger partial charge in [-0.05, 0) is 0 Å². The summed E-state index contributed by atoms with van der Waals surface area (Å²) < 4.78 is 22.3. The van der Waals surface area contributed by atoms with Crippen molar-refractivity contribution < 1.29 is 21.4 Å². The standard InChI is InChI=1S/2Al.2H2O.3O/h;;2*1H2;;;. The summed E-state index contributed by atoms with van der Waals surface area (Å²) in [6.45, 7) is 0. The molecule has 7 heavy (non-hydrogen) atoms. The van der Waals surface area contributed by atoms with E-state index in [1.807, 2.05) is 0 Å². The van der Waals surface area contributed by atoms with Gasteiger partial charge in [0.1, 0.15) is 0 Å². The molecule has 0 fully saturated rings. The van der Waals surface area contributed by atoms with Crippen LogP contribution in [0.5, 0.6) is 0 Å². The summed E-state index contributed by atoms with van der Waals surface area (Å²) in [5, 5.41) is 0. The summed E-state index contributed by atoms with van der Waals surface area (Å²) in [7, 11) is 0. The second-order valence-electron chi connectivity index (χ2n) is 0.329. The zero-order chi connectivity index (χ0) is 4.12. The van der Waals surface area contributed by atoms with Crippen LogP contribution in [0.1, 0.15) is 0 Å². The summed E-state index contributed by atoms with van der Waals surface area (Å²) >= 11 is -2.48. The molecular formula is H4Al2O5. The SMILES string of the molecule is O.O.[O]=[Al][O][Al]=[O]. The van der Waals surface area contributed by atoms with E-state index in [1.165, 1.54) is 0 Å². The van der Waals surface area contributed by atoms with Gasteiger partial charge in [0.2, 0.25) is 0 Å². The zero-order valence-corrected chi connectivity index (χ0v) is 5.69. The van der Waals surface area contributed by atoms with Crippen LogP contribution in [0.2, 0.25) is 0 Å². The van der Waals surface area contributed by atoms with E-state index in [-0.39, 0.29) is 11.0 Å². The zero-order valence-electron chi connectivity index (χ0n) is 3.38. The van der Waals surface area contributed by atoms with Gasteiger partial charge in [0, 0.05) is 0 Å². The Morgan fingerprint density at radius 3 is 1.29 bits per heavy atom. The molecule has 0 atom stereocenters. The first-order chi connectivity index (χ1) is 2.41. The monoisotopic (exact) mass is 138 g/mol. The van der Waals surface area contributed by atoms with Gasteiger partial charge in [0.25, 0.3) is 0 Å². The van der Waals surface area contributed by atoms with Gasteiger partial charge in [-0.1, -0.05) is 0 Å². The Bertz CT molecular complexity index is 35.3. The molecule has 4 N–H and O–H groups in total. The van der Waals surface area contributed by atoms with Crippen LogP contribution >= 0.6 is 0 Å². The fourth-order valence-corrected chi connectivity index (χ4v) is 0.204. The van der Waals surface area contributed by atoms with Crippen LogP contribution in [0, 0.1) is 0 Å². The molecule has 0 aliphatic carbocycles. The molecule has 0 spiro atoms. The molecular weight excluding hydrogens is 134 g/mol. The molecule has 0 aliphatic rings. The van der Waals surface area contributed by atoms with Gasteiger partial charge in [0.15, 0.2) is 0 Å². The predicted molar refractivity (Wildman–Crippen MR) is 21.2 cm³/mol. The molecule has 0 rings (SSSR count). The summed E-state index contributed by atoms with van der Waals surface area (Å²) in [6.07, 6.45) is 0. The Morgan fingerprint density at radius 2 is 1.29 bits per heavy atom. The van der Waals surface area contributed by atoms with E-state index in [0.717, 1.165) is 0 Å². The first-order valence-electron chi connectivity index (χ1n) is 0.943. The van der Waals surface area contributed by atoms with Crippen molar-refractivity contribution in [1.29, 1.82) is 0 Å². The van der Waals surface area contributed by atoms with E-state index >= 15 is 0 Å². The summed E-state index contributed by atoms with van der Waals surface area (Å²) in [5.41, 5.74) is 0. The number of hydrogen-bond acceptors (Lipinski definition) is 3. The normalized spacial score (nSPS) is 2.86. The molecule has 0 unspecified atom stereocenters. The summed E-state index contributed by atoms with van der Waals surface area (Å²) in [5.74, 6) is 0. The van der Waals surface area contributed by atoms with Crippen molar-refractivity contribution in [2.45, 2.75) is 0 Å². The minimum atomic E-state index is -1.24. The summed E-state index contributed by atoms with van der Waals surface area (Å²) in [4.78, 5) is 0. The van der Waals surface area contributed by atoms with Gasteiger partial charge in [-0.25, -0.2) is 0 Å². The maximum atomic E-state index is 9.21. The molecule has 0 saturated heterocycles. The van der Waals surface area contributed by atoms with Crippen molar-refractivity contribution in [3.8, 4) is 0 Å². The van der Waals surface area contributed by atoms with E-state index in [9.17, 15) is 7.61 Å². The van der Waals surface area contributed by atoms with Crippen molar-refractivity contribution in [1.82, 2.24) is 0 Å². The van der Waals surface area contributed by atoms with Crippen molar-refractivity contribution >= 4 is 31.0 Å². The van der Waals surface area contributed by atoms with Crippen LogP contribution in [0.25, 0.3) is 0 Å². The average Bonchev–Trinajstić information content (AvgIpc) is 1.41. The van der Waals surface area contributed by atoms with Crippen molar-refractivity contribution in [3.63, 3.8) is 0 Å². The molecule has 0 aromatic rings. The molecule has 0 aromatic heterocycles. The third kappa shape index (κ3) is 21.6. The van der Waals surface area contributed by atoms with Crippen LogP contribution in [0.3, 0.4) is 0 Å². The molecule has 5 nitrogen and oxygen atoms in total. The average molecular weight is 138 g/mol. The van der Waals surface area contributed by atoms with Crippen LogP contribution in [0.4, 0.5) is 0 Å². The fraction of sp³-hybridized carbons (Fsp3) is 0. The van der Waals surface area contributed by atoms with Crippen molar-refractivity contribution in [2.24, 2.45) is 0 Å². The van der Waals surface area contributed by atoms with E-state index in [2.05, 4.69) is 2.84 Å². The molecule has 7 heteroatoms. The first-order valence-corrected chi connectivity index (χ1v) is 2.83. The van der Waals surface area contributed by atoms with Crippen molar-refractivity contribution in [3.05, 3.63) is 0 Å². The van der Waals surface area contributed by atoms with E-state index < -0.39 is 31.0 Å². The molecule has 0 saturated carbocycles. The second-order valence-corrected chi connectivity index (χ2v) is 1.80. The molecule has 0 aromatic carbocycles. The number of hydrogen-bond donors (Lipinski definition) is 0. The summed E-state index contributed by atoms with van der Waals surface area (Å²) in [6, 6.07) is 0. The molecule has 0 aliphatic heterocycles. The Balaban J connectivity index is -0.0000000800.